The second kappa shape index (κ2) is 9.96. The van der Waals surface area contributed by atoms with Crippen molar-refractivity contribution in [1.82, 2.24) is 0 Å². The molecular weight excluding hydrogens is 442 g/mol. The normalized spacial score (nSPS) is 10.2. The Labute approximate surface area is 188 Å². The van der Waals surface area contributed by atoms with Gasteiger partial charge in [0.15, 0.2) is 5.11 Å². The Bertz CT molecular complexity index is 1110. The van der Waals surface area contributed by atoms with Gasteiger partial charge in [0.25, 0.3) is 5.69 Å². The number of nitrogens with one attached hydrogen (secondary N) is 2. The molecule has 160 valence electrons. The van der Waals surface area contributed by atoms with Crippen LogP contribution in [0.15, 0.2) is 60.7 Å². The zero-order chi connectivity index (χ0) is 22.4. The molecule has 0 amide bonds. The Morgan fingerprint density at radius 2 is 1.65 bits per heavy atom. The van der Waals surface area contributed by atoms with E-state index >= 15 is 0 Å². The van der Waals surface area contributed by atoms with Crippen LogP contribution >= 0.6 is 23.8 Å². The van der Waals surface area contributed by atoms with Crippen LogP contribution in [0.3, 0.4) is 0 Å². The quantitative estimate of drug-likeness (QED) is 0.257. The molecule has 8 nitrogen and oxygen atoms in total. The highest BCUT2D eigenvalue weighted by atomic mass is 35.5. The minimum absolute atomic E-state index is 0.154. The van der Waals surface area contributed by atoms with Gasteiger partial charge in [0.05, 0.1) is 36.6 Å². The van der Waals surface area contributed by atoms with Crippen molar-refractivity contribution in [2.24, 2.45) is 0 Å². The van der Waals surface area contributed by atoms with Crippen LogP contribution in [0, 0.1) is 10.1 Å². The van der Waals surface area contributed by atoms with E-state index in [9.17, 15) is 10.1 Å². The number of nitro groups is 1. The SMILES string of the molecule is COc1ccc(NC(=S)Nc2cc(Oc3ccc(Cl)cc3)cc([N+](=O)[O-])c2)c(OC)c1. The summed E-state index contributed by atoms with van der Waals surface area (Å²) in [6.07, 6.45) is 0. The maximum absolute atomic E-state index is 11.4. The third kappa shape index (κ3) is 5.97. The van der Waals surface area contributed by atoms with Crippen LogP contribution < -0.4 is 24.8 Å². The predicted molar refractivity (Wildman–Crippen MR) is 124 cm³/mol. The summed E-state index contributed by atoms with van der Waals surface area (Å²) in [5, 5.41) is 18.0. The van der Waals surface area contributed by atoms with Gasteiger partial charge in [-0.1, -0.05) is 11.6 Å². The van der Waals surface area contributed by atoms with Crippen LogP contribution in [0.4, 0.5) is 17.1 Å². The number of halogens is 1. The molecule has 0 heterocycles. The number of hydrogen-bond acceptors (Lipinski definition) is 6. The first-order valence-electron chi connectivity index (χ1n) is 8.91. The fourth-order valence-corrected chi connectivity index (χ4v) is 3.00. The van der Waals surface area contributed by atoms with Gasteiger partial charge >= 0.3 is 0 Å². The van der Waals surface area contributed by atoms with E-state index < -0.39 is 4.92 Å². The van der Waals surface area contributed by atoms with E-state index in [4.69, 9.17) is 38.0 Å². The average molecular weight is 460 g/mol. The molecule has 0 aliphatic rings. The zero-order valence-corrected chi connectivity index (χ0v) is 18.1. The van der Waals surface area contributed by atoms with Gasteiger partial charge in [-0.25, -0.2) is 0 Å². The topological polar surface area (TPSA) is 94.9 Å². The monoisotopic (exact) mass is 459 g/mol. The van der Waals surface area contributed by atoms with Gasteiger partial charge in [0.1, 0.15) is 23.0 Å². The van der Waals surface area contributed by atoms with Crippen LogP contribution in [0.1, 0.15) is 0 Å². The number of benzene rings is 3. The standard InChI is InChI=1S/C21H18ClN3O5S/c1-28-17-7-8-19(20(12-17)29-2)24-21(31)23-14-9-15(25(26)27)11-18(10-14)30-16-5-3-13(22)4-6-16/h3-12H,1-2H3,(H2,23,24,31). The number of hydrogen-bond donors (Lipinski definition) is 2. The number of rotatable bonds is 7. The predicted octanol–water partition coefficient (Wildman–Crippen LogP) is 5.87. The second-order valence-electron chi connectivity index (χ2n) is 6.17. The van der Waals surface area contributed by atoms with Gasteiger partial charge in [0, 0.05) is 23.2 Å². The van der Waals surface area contributed by atoms with Crippen LogP contribution in [0.5, 0.6) is 23.0 Å². The third-order valence-corrected chi connectivity index (χ3v) is 4.52. The van der Waals surface area contributed by atoms with Crippen molar-refractivity contribution in [3.8, 4) is 23.0 Å². The molecular formula is C21H18ClN3O5S. The Morgan fingerprint density at radius 3 is 2.29 bits per heavy atom. The molecule has 3 aromatic rings. The number of anilines is 2. The molecule has 0 bridgehead atoms. The summed E-state index contributed by atoms with van der Waals surface area (Å²) >= 11 is 11.2. The molecule has 31 heavy (non-hydrogen) atoms. The van der Waals surface area contributed by atoms with Crippen molar-refractivity contribution >= 4 is 46.0 Å². The van der Waals surface area contributed by atoms with Crippen molar-refractivity contribution in [2.75, 3.05) is 24.9 Å². The summed E-state index contributed by atoms with van der Waals surface area (Å²) in [5.74, 6) is 1.90. The zero-order valence-electron chi connectivity index (χ0n) is 16.5. The summed E-state index contributed by atoms with van der Waals surface area (Å²) in [5.41, 5.74) is 0.825. The van der Waals surface area contributed by atoms with E-state index in [1.54, 1.807) is 55.6 Å². The highest BCUT2D eigenvalue weighted by Crippen LogP contribution is 2.32. The molecule has 0 aliphatic carbocycles. The van der Waals surface area contributed by atoms with Gasteiger partial charge in [-0.2, -0.15) is 0 Å². The summed E-state index contributed by atoms with van der Waals surface area (Å²) in [4.78, 5) is 10.8. The summed E-state index contributed by atoms with van der Waals surface area (Å²) in [6.45, 7) is 0. The maximum Gasteiger partial charge on any atom is 0.275 e. The molecule has 2 N–H and O–H groups in total. The Morgan fingerprint density at radius 1 is 0.935 bits per heavy atom. The molecule has 0 saturated heterocycles. The van der Waals surface area contributed by atoms with Crippen LogP contribution in [-0.4, -0.2) is 24.3 Å². The number of non-ortho nitro benzene ring substituents is 1. The minimum Gasteiger partial charge on any atom is -0.497 e. The van der Waals surface area contributed by atoms with Crippen LogP contribution in [-0.2, 0) is 0 Å². The van der Waals surface area contributed by atoms with Crippen molar-refractivity contribution < 1.29 is 19.1 Å². The van der Waals surface area contributed by atoms with Crippen LogP contribution in [0.25, 0.3) is 0 Å². The largest absolute Gasteiger partial charge is 0.497 e. The molecule has 0 radical (unpaired) electrons. The van der Waals surface area contributed by atoms with Gasteiger partial charge < -0.3 is 24.8 Å². The lowest BCUT2D eigenvalue weighted by atomic mass is 10.2. The van der Waals surface area contributed by atoms with Gasteiger partial charge in [-0.15, -0.1) is 0 Å². The molecule has 0 spiro atoms. The summed E-state index contributed by atoms with van der Waals surface area (Å²) in [7, 11) is 3.08. The summed E-state index contributed by atoms with van der Waals surface area (Å²) < 4.78 is 16.2. The van der Waals surface area contributed by atoms with Crippen molar-refractivity contribution in [2.45, 2.75) is 0 Å². The van der Waals surface area contributed by atoms with E-state index in [0.717, 1.165) is 0 Å². The molecule has 0 fully saturated rings. The van der Waals surface area contributed by atoms with Crippen molar-refractivity contribution in [3.63, 3.8) is 0 Å². The first-order valence-corrected chi connectivity index (χ1v) is 9.69. The Kier molecular flexibility index (Phi) is 7.11. The molecule has 0 aromatic heterocycles. The summed E-state index contributed by atoms with van der Waals surface area (Å²) in [6, 6.07) is 16.1. The lowest BCUT2D eigenvalue weighted by Gasteiger charge is -2.15. The number of nitro benzene ring substituents is 1. The average Bonchev–Trinajstić information content (AvgIpc) is 2.75. The molecule has 0 saturated carbocycles. The number of ether oxygens (including phenoxy) is 3. The Hall–Kier alpha value is -3.56. The van der Waals surface area contributed by atoms with Gasteiger partial charge in [-0.05, 0) is 48.6 Å². The second-order valence-corrected chi connectivity index (χ2v) is 7.02. The van der Waals surface area contributed by atoms with E-state index in [1.807, 2.05) is 0 Å². The smallest absolute Gasteiger partial charge is 0.275 e. The molecule has 3 rings (SSSR count). The number of methoxy groups -OCH3 is 2. The highest BCUT2D eigenvalue weighted by molar-refractivity contribution is 7.80. The molecule has 3 aromatic carbocycles. The van der Waals surface area contributed by atoms with Gasteiger partial charge in [0.2, 0.25) is 0 Å². The third-order valence-electron chi connectivity index (χ3n) is 4.07. The molecule has 10 heteroatoms. The number of nitrogens with zero attached hydrogens (tertiary/aromatic N) is 1. The Balaban J connectivity index is 1.80. The number of thiocarbonyl (C=S) groups is 1. The van der Waals surface area contributed by atoms with E-state index in [2.05, 4.69) is 10.6 Å². The van der Waals surface area contributed by atoms with E-state index in [1.165, 1.54) is 19.2 Å². The van der Waals surface area contributed by atoms with Crippen molar-refractivity contribution in [1.29, 1.82) is 0 Å². The lowest BCUT2D eigenvalue weighted by molar-refractivity contribution is -0.384. The fourth-order valence-electron chi connectivity index (χ4n) is 2.65. The maximum atomic E-state index is 11.4. The molecule has 0 atom stereocenters. The molecule has 0 unspecified atom stereocenters. The minimum atomic E-state index is -0.511. The lowest BCUT2D eigenvalue weighted by Crippen LogP contribution is -2.19. The van der Waals surface area contributed by atoms with Crippen molar-refractivity contribution in [3.05, 3.63) is 75.8 Å². The molecule has 0 aliphatic heterocycles. The van der Waals surface area contributed by atoms with Gasteiger partial charge in [-0.3, -0.25) is 10.1 Å². The fraction of sp³-hybridized carbons (Fsp3) is 0.0952. The van der Waals surface area contributed by atoms with Crippen LogP contribution in [0.2, 0.25) is 5.02 Å². The van der Waals surface area contributed by atoms with E-state index in [-0.39, 0.29) is 16.5 Å². The first kappa shape index (κ1) is 22.1. The van der Waals surface area contributed by atoms with E-state index in [0.29, 0.717) is 33.6 Å². The first-order chi connectivity index (χ1) is 14.9. The highest BCUT2D eigenvalue weighted by Gasteiger charge is 2.13.